The zero-order valence-electron chi connectivity index (χ0n) is 18.7. The van der Waals surface area contributed by atoms with Crippen molar-refractivity contribution in [2.45, 2.75) is 13.0 Å². The van der Waals surface area contributed by atoms with Crippen LogP contribution in [0.15, 0.2) is 71.5 Å². The lowest BCUT2D eigenvalue weighted by molar-refractivity contribution is 0.121. The predicted molar refractivity (Wildman–Crippen MR) is 132 cm³/mol. The number of fused-ring (bicyclic) bond motifs is 1. The predicted octanol–water partition coefficient (Wildman–Crippen LogP) is 6.51. The maximum absolute atomic E-state index is 12.3. The molecule has 0 spiro atoms. The van der Waals surface area contributed by atoms with Crippen molar-refractivity contribution in [3.8, 4) is 23.1 Å². The van der Waals surface area contributed by atoms with Crippen molar-refractivity contribution in [3.63, 3.8) is 0 Å². The second-order valence-corrected chi connectivity index (χ2v) is 8.17. The van der Waals surface area contributed by atoms with Crippen LogP contribution in [0.1, 0.15) is 18.6 Å². The molecule has 1 amide bonds. The molecule has 3 aromatic carbocycles. The summed E-state index contributed by atoms with van der Waals surface area (Å²) >= 11 is 3.42. The van der Waals surface area contributed by atoms with Crippen LogP contribution in [-0.2, 0) is 4.74 Å². The quantitative estimate of drug-likeness (QED) is 0.295. The molecule has 1 heterocycles. The number of anilines is 1. The Balaban J connectivity index is 1.44. The highest BCUT2D eigenvalue weighted by Crippen LogP contribution is 2.35. The third-order valence-electron chi connectivity index (χ3n) is 5.02. The van der Waals surface area contributed by atoms with E-state index in [1.165, 1.54) is 6.33 Å². The van der Waals surface area contributed by atoms with Gasteiger partial charge in [-0.15, -0.1) is 0 Å². The lowest BCUT2D eigenvalue weighted by Crippen LogP contribution is -2.16. The zero-order chi connectivity index (χ0) is 24.1. The lowest BCUT2D eigenvalue weighted by atomic mass is 10.1. The molecule has 1 N–H and O–H groups in total. The fourth-order valence-corrected chi connectivity index (χ4v) is 3.71. The number of carbonyl (C=O) groups is 1. The standard InChI is InChI=1S/C25H22BrN3O5/c1-15(16-5-4-6-17(26)11-16)33-25(30)29-18-7-9-19(10-8-18)34-24-20-12-22(31-2)23(32-3)13-21(20)27-14-28-24/h4-15H,1-3H3,(H,29,30). The van der Waals surface area contributed by atoms with E-state index < -0.39 is 12.2 Å². The highest BCUT2D eigenvalue weighted by atomic mass is 79.9. The summed E-state index contributed by atoms with van der Waals surface area (Å²) in [6.07, 6.45) is 0.466. The van der Waals surface area contributed by atoms with Gasteiger partial charge >= 0.3 is 6.09 Å². The molecule has 0 aliphatic heterocycles. The maximum atomic E-state index is 12.3. The van der Waals surface area contributed by atoms with Crippen LogP contribution in [0.5, 0.6) is 23.1 Å². The Labute approximate surface area is 205 Å². The van der Waals surface area contributed by atoms with Gasteiger partial charge < -0.3 is 18.9 Å². The molecule has 0 aliphatic rings. The zero-order valence-corrected chi connectivity index (χ0v) is 20.3. The van der Waals surface area contributed by atoms with Crippen LogP contribution >= 0.6 is 15.9 Å². The number of amides is 1. The summed E-state index contributed by atoms with van der Waals surface area (Å²) < 4.78 is 23.1. The van der Waals surface area contributed by atoms with Gasteiger partial charge in [0.1, 0.15) is 18.2 Å². The number of rotatable bonds is 7. The summed E-state index contributed by atoms with van der Waals surface area (Å²) in [4.78, 5) is 20.8. The minimum absolute atomic E-state index is 0.369. The molecule has 0 saturated carbocycles. The van der Waals surface area contributed by atoms with Gasteiger partial charge in [0.2, 0.25) is 5.88 Å². The summed E-state index contributed by atoms with van der Waals surface area (Å²) in [6.45, 7) is 1.81. The number of hydrogen-bond acceptors (Lipinski definition) is 7. The fraction of sp³-hybridized carbons (Fsp3) is 0.160. The number of aromatic nitrogens is 2. The molecule has 4 rings (SSSR count). The van der Waals surface area contributed by atoms with Crippen LogP contribution in [0.2, 0.25) is 0 Å². The number of nitrogens with zero attached hydrogens (tertiary/aromatic N) is 2. The van der Waals surface area contributed by atoms with Crippen molar-refractivity contribution < 1.29 is 23.7 Å². The molecule has 1 aromatic heterocycles. The van der Waals surface area contributed by atoms with Crippen LogP contribution < -0.4 is 19.5 Å². The number of benzene rings is 3. The Kier molecular flexibility index (Phi) is 7.12. The number of carbonyl (C=O) groups excluding carboxylic acids is 1. The van der Waals surface area contributed by atoms with Gasteiger partial charge in [-0.1, -0.05) is 28.1 Å². The monoisotopic (exact) mass is 523 g/mol. The van der Waals surface area contributed by atoms with Crippen LogP contribution in [0.3, 0.4) is 0 Å². The highest BCUT2D eigenvalue weighted by Gasteiger charge is 2.14. The Morgan fingerprint density at radius 2 is 1.71 bits per heavy atom. The van der Waals surface area contributed by atoms with Gasteiger partial charge in [-0.2, -0.15) is 0 Å². The molecule has 0 bridgehead atoms. The minimum Gasteiger partial charge on any atom is -0.493 e. The summed E-state index contributed by atoms with van der Waals surface area (Å²) in [7, 11) is 3.12. The first-order valence-corrected chi connectivity index (χ1v) is 11.1. The van der Waals surface area contributed by atoms with E-state index in [1.807, 2.05) is 31.2 Å². The number of methoxy groups -OCH3 is 2. The molecule has 0 aliphatic carbocycles. The molecule has 0 saturated heterocycles. The average molecular weight is 524 g/mol. The van der Waals surface area contributed by atoms with Crippen LogP contribution in [0.4, 0.5) is 10.5 Å². The number of hydrogen-bond donors (Lipinski definition) is 1. The van der Waals surface area contributed by atoms with Crippen molar-refractivity contribution in [2.75, 3.05) is 19.5 Å². The smallest absolute Gasteiger partial charge is 0.412 e. The Morgan fingerprint density at radius 3 is 2.41 bits per heavy atom. The Hall–Kier alpha value is -3.85. The van der Waals surface area contributed by atoms with E-state index >= 15 is 0 Å². The van der Waals surface area contributed by atoms with E-state index in [-0.39, 0.29) is 0 Å². The molecular weight excluding hydrogens is 502 g/mol. The van der Waals surface area contributed by atoms with E-state index in [0.717, 1.165) is 10.0 Å². The number of ether oxygens (including phenoxy) is 4. The molecule has 174 valence electrons. The van der Waals surface area contributed by atoms with Crippen molar-refractivity contribution in [2.24, 2.45) is 0 Å². The third-order valence-corrected chi connectivity index (χ3v) is 5.51. The highest BCUT2D eigenvalue weighted by molar-refractivity contribution is 9.10. The largest absolute Gasteiger partial charge is 0.493 e. The summed E-state index contributed by atoms with van der Waals surface area (Å²) in [5.74, 6) is 2.02. The van der Waals surface area contributed by atoms with E-state index in [1.54, 1.807) is 50.6 Å². The molecule has 9 heteroatoms. The Morgan fingerprint density at radius 1 is 0.971 bits per heavy atom. The van der Waals surface area contributed by atoms with E-state index in [0.29, 0.717) is 39.7 Å². The van der Waals surface area contributed by atoms with Gasteiger partial charge in [-0.25, -0.2) is 14.8 Å². The van der Waals surface area contributed by atoms with Crippen LogP contribution in [-0.4, -0.2) is 30.3 Å². The van der Waals surface area contributed by atoms with Crippen molar-refractivity contribution >= 4 is 38.6 Å². The summed E-state index contributed by atoms with van der Waals surface area (Å²) in [5.41, 5.74) is 2.11. The van der Waals surface area contributed by atoms with Gasteiger partial charge in [0.25, 0.3) is 0 Å². The number of nitrogens with one attached hydrogen (secondary N) is 1. The third kappa shape index (κ3) is 5.37. The van der Waals surface area contributed by atoms with Gasteiger partial charge in [0.05, 0.1) is 25.1 Å². The number of halogens is 1. The van der Waals surface area contributed by atoms with E-state index in [9.17, 15) is 4.79 Å². The maximum Gasteiger partial charge on any atom is 0.412 e. The van der Waals surface area contributed by atoms with Crippen molar-refractivity contribution in [1.29, 1.82) is 0 Å². The Bertz CT molecular complexity index is 1310. The summed E-state index contributed by atoms with van der Waals surface area (Å²) in [6, 6.07) is 18.0. The molecule has 0 radical (unpaired) electrons. The second-order valence-electron chi connectivity index (χ2n) is 7.26. The molecule has 8 nitrogen and oxygen atoms in total. The van der Waals surface area contributed by atoms with E-state index in [4.69, 9.17) is 18.9 Å². The van der Waals surface area contributed by atoms with Gasteiger partial charge in [0.15, 0.2) is 11.5 Å². The molecule has 1 atom stereocenters. The average Bonchev–Trinajstić information content (AvgIpc) is 2.84. The second kappa shape index (κ2) is 10.4. The molecular formula is C25H22BrN3O5. The lowest BCUT2D eigenvalue weighted by Gasteiger charge is -2.15. The first-order chi connectivity index (χ1) is 16.5. The van der Waals surface area contributed by atoms with E-state index in [2.05, 4.69) is 31.2 Å². The first-order valence-electron chi connectivity index (χ1n) is 10.3. The molecule has 4 aromatic rings. The molecule has 34 heavy (non-hydrogen) atoms. The molecule has 1 unspecified atom stereocenters. The van der Waals surface area contributed by atoms with Gasteiger partial charge in [-0.05, 0) is 55.0 Å². The molecule has 0 fully saturated rings. The fourth-order valence-electron chi connectivity index (χ4n) is 3.29. The van der Waals surface area contributed by atoms with Crippen LogP contribution in [0, 0.1) is 0 Å². The minimum atomic E-state index is -0.552. The van der Waals surface area contributed by atoms with Gasteiger partial charge in [0, 0.05) is 16.2 Å². The van der Waals surface area contributed by atoms with Crippen molar-refractivity contribution in [3.05, 3.63) is 77.0 Å². The summed E-state index contributed by atoms with van der Waals surface area (Å²) in [5, 5.41) is 3.39. The van der Waals surface area contributed by atoms with Crippen molar-refractivity contribution in [1.82, 2.24) is 9.97 Å². The SMILES string of the molecule is COc1cc2ncnc(Oc3ccc(NC(=O)OC(C)c4cccc(Br)c4)cc3)c2cc1OC. The van der Waals surface area contributed by atoms with Gasteiger partial charge in [-0.3, -0.25) is 5.32 Å². The van der Waals surface area contributed by atoms with Crippen LogP contribution in [0.25, 0.3) is 10.9 Å². The normalized spacial score (nSPS) is 11.5. The topological polar surface area (TPSA) is 91.8 Å². The first kappa shape index (κ1) is 23.3.